The highest BCUT2D eigenvalue weighted by molar-refractivity contribution is 7.88. The first-order valence-corrected chi connectivity index (χ1v) is 9.74. The molecule has 1 aromatic rings. The van der Waals surface area contributed by atoms with Crippen molar-refractivity contribution in [1.29, 1.82) is 0 Å². The molecular weight excluding hydrogens is 351 g/mol. The molecule has 1 aliphatic rings. The SMILES string of the molecule is CS(=O)(=O)N1CCC[C@H](C(=O)N[C@@H](CC(=O)O)c2ccc(F)cc2)C1. The van der Waals surface area contributed by atoms with Crippen molar-refractivity contribution in [2.24, 2.45) is 5.92 Å². The third-order valence-corrected chi connectivity index (χ3v) is 5.46. The van der Waals surface area contributed by atoms with Gasteiger partial charge in [-0.25, -0.2) is 17.1 Å². The van der Waals surface area contributed by atoms with Gasteiger partial charge in [0.15, 0.2) is 0 Å². The minimum Gasteiger partial charge on any atom is -0.481 e. The molecule has 2 N–H and O–H groups in total. The van der Waals surface area contributed by atoms with E-state index in [0.29, 0.717) is 24.9 Å². The van der Waals surface area contributed by atoms with Crippen molar-refractivity contribution in [1.82, 2.24) is 9.62 Å². The van der Waals surface area contributed by atoms with Gasteiger partial charge in [-0.15, -0.1) is 0 Å². The number of carbonyl (C=O) groups excluding carboxylic acids is 1. The minimum atomic E-state index is -3.38. The van der Waals surface area contributed by atoms with Gasteiger partial charge in [-0.3, -0.25) is 9.59 Å². The number of aliphatic carboxylic acids is 1. The summed E-state index contributed by atoms with van der Waals surface area (Å²) in [5.74, 6) is -2.50. The molecule has 0 saturated carbocycles. The number of nitrogens with one attached hydrogen (secondary N) is 1. The number of halogens is 1. The molecule has 0 spiro atoms. The molecule has 0 aliphatic carbocycles. The lowest BCUT2D eigenvalue weighted by molar-refractivity contribution is -0.138. The van der Waals surface area contributed by atoms with E-state index in [4.69, 9.17) is 5.11 Å². The molecule has 1 amide bonds. The number of hydrogen-bond acceptors (Lipinski definition) is 4. The predicted molar refractivity (Wildman–Crippen MR) is 88.7 cm³/mol. The lowest BCUT2D eigenvalue weighted by Gasteiger charge is -2.31. The van der Waals surface area contributed by atoms with E-state index >= 15 is 0 Å². The van der Waals surface area contributed by atoms with Crippen molar-refractivity contribution in [2.45, 2.75) is 25.3 Å². The Hall–Kier alpha value is -2.00. The third kappa shape index (κ3) is 5.50. The second kappa shape index (κ2) is 7.92. The van der Waals surface area contributed by atoms with E-state index in [-0.39, 0.29) is 13.0 Å². The highest BCUT2D eigenvalue weighted by atomic mass is 32.2. The summed E-state index contributed by atoms with van der Waals surface area (Å²) in [4.78, 5) is 23.6. The summed E-state index contributed by atoms with van der Waals surface area (Å²) in [6, 6.07) is 4.43. The van der Waals surface area contributed by atoms with Crippen LogP contribution in [0.3, 0.4) is 0 Å². The third-order valence-electron chi connectivity index (χ3n) is 4.19. The van der Waals surface area contributed by atoms with Gasteiger partial charge in [0, 0.05) is 13.1 Å². The van der Waals surface area contributed by atoms with Gasteiger partial charge in [0.1, 0.15) is 5.82 Å². The summed E-state index contributed by atoms with van der Waals surface area (Å²) in [7, 11) is -3.38. The van der Waals surface area contributed by atoms with Crippen LogP contribution in [0.2, 0.25) is 0 Å². The molecule has 1 saturated heterocycles. The number of hydrogen-bond donors (Lipinski definition) is 2. The summed E-state index contributed by atoms with van der Waals surface area (Å²) in [5.41, 5.74) is 0.480. The molecule has 1 fully saturated rings. The van der Waals surface area contributed by atoms with Crippen LogP contribution < -0.4 is 5.32 Å². The van der Waals surface area contributed by atoms with Crippen molar-refractivity contribution in [3.05, 3.63) is 35.6 Å². The Morgan fingerprint density at radius 1 is 1.36 bits per heavy atom. The fourth-order valence-corrected chi connectivity index (χ4v) is 3.78. The van der Waals surface area contributed by atoms with Gasteiger partial charge >= 0.3 is 5.97 Å². The second-order valence-corrected chi connectivity index (χ2v) is 8.15. The summed E-state index contributed by atoms with van der Waals surface area (Å²) in [6.45, 7) is 0.451. The number of carbonyl (C=O) groups is 2. The summed E-state index contributed by atoms with van der Waals surface area (Å²) >= 11 is 0. The highest BCUT2D eigenvalue weighted by Crippen LogP contribution is 2.22. The fraction of sp³-hybridized carbons (Fsp3) is 0.500. The first-order valence-electron chi connectivity index (χ1n) is 7.89. The van der Waals surface area contributed by atoms with E-state index in [1.165, 1.54) is 28.6 Å². The number of carboxylic acids is 1. The molecule has 2 atom stereocenters. The van der Waals surface area contributed by atoms with Crippen LogP contribution in [-0.4, -0.2) is 49.1 Å². The number of nitrogens with zero attached hydrogens (tertiary/aromatic N) is 1. The van der Waals surface area contributed by atoms with E-state index in [1.54, 1.807) is 0 Å². The van der Waals surface area contributed by atoms with Crippen molar-refractivity contribution in [3.63, 3.8) is 0 Å². The Labute approximate surface area is 145 Å². The first-order chi connectivity index (χ1) is 11.7. The Morgan fingerprint density at radius 2 is 2.00 bits per heavy atom. The molecule has 7 nitrogen and oxygen atoms in total. The Bertz CT molecular complexity index is 735. The zero-order chi connectivity index (χ0) is 18.6. The van der Waals surface area contributed by atoms with E-state index in [2.05, 4.69) is 5.32 Å². The number of carboxylic acid groups (broad SMARTS) is 1. The van der Waals surface area contributed by atoms with Gasteiger partial charge < -0.3 is 10.4 Å². The van der Waals surface area contributed by atoms with Gasteiger partial charge in [-0.2, -0.15) is 0 Å². The van der Waals surface area contributed by atoms with E-state index in [1.807, 2.05) is 0 Å². The van der Waals surface area contributed by atoms with E-state index in [9.17, 15) is 22.4 Å². The van der Waals surface area contributed by atoms with E-state index in [0.717, 1.165) is 6.26 Å². The van der Waals surface area contributed by atoms with Crippen molar-refractivity contribution in [3.8, 4) is 0 Å². The molecule has 2 rings (SSSR count). The predicted octanol–water partition coefficient (Wildman–Crippen LogP) is 1.13. The molecule has 1 aromatic carbocycles. The lowest BCUT2D eigenvalue weighted by Crippen LogP contribution is -2.45. The van der Waals surface area contributed by atoms with Crippen molar-refractivity contribution in [2.75, 3.05) is 19.3 Å². The molecule has 25 heavy (non-hydrogen) atoms. The first kappa shape index (κ1) is 19.3. The van der Waals surface area contributed by atoms with Crippen LogP contribution in [0.4, 0.5) is 4.39 Å². The molecule has 0 radical (unpaired) electrons. The molecule has 0 unspecified atom stereocenters. The van der Waals surface area contributed by atoms with Crippen LogP contribution in [-0.2, 0) is 19.6 Å². The number of rotatable bonds is 6. The number of sulfonamides is 1. The molecule has 1 heterocycles. The maximum Gasteiger partial charge on any atom is 0.305 e. The van der Waals surface area contributed by atoms with Gasteiger partial charge in [-0.05, 0) is 30.5 Å². The molecular formula is C16H21FN2O5S. The maximum absolute atomic E-state index is 13.1. The number of benzene rings is 1. The van der Waals surface area contributed by atoms with Gasteiger partial charge in [0.05, 0.1) is 24.6 Å². The van der Waals surface area contributed by atoms with Crippen LogP contribution in [0.5, 0.6) is 0 Å². The van der Waals surface area contributed by atoms with Crippen LogP contribution in [0.15, 0.2) is 24.3 Å². The molecule has 0 aromatic heterocycles. The summed E-state index contributed by atoms with van der Waals surface area (Å²) in [5, 5.41) is 11.7. The van der Waals surface area contributed by atoms with Gasteiger partial charge in [0.25, 0.3) is 0 Å². The molecule has 9 heteroatoms. The smallest absolute Gasteiger partial charge is 0.305 e. The molecule has 0 bridgehead atoms. The van der Waals surface area contributed by atoms with Crippen LogP contribution >= 0.6 is 0 Å². The normalized spacial score (nSPS) is 20.0. The number of piperidine rings is 1. The average molecular weight is 372 g/mol. The Morgan fingerprint density at radius 3 is 2.56 bits per heavy atom. The largest absolute Gasteiger partial charge is 0.481 e. The topological polar surface area (TPSA) is 104 Å². The lowest BCUT2D eigenvalue weighted by atomic mass is 9.97. The van der Waals surface area contributed by atoms with Crippen LogP contribution in [0.25, 0.3) is 0 Å². The standard InChI is InChI=1S/C16H21FN2O5S/c1-25(23,24)19-8-2-3-12(10-19)16(22)18-14(9-15(20)21)11-4-6-13(17)7-5-11/h4-7,12,14H,2-3,8-10H2,1H3,(H,18,22)(H,20,21)/t12-,14-/m0/s1. The number of amides is 1. The zero-order valence-electron chi connectivity index (χ0n) is 13.8. The maximum atomic E-state index is 13.1. The average Bonchev–Trinajstić information content (AvgIpc) is 2.54. The zero-order valence-corrected chi connectivity index (χ0v) is 14.6. The van der Waals surface area contributed by atoms with Crippen molar-refractivity contribution >= 4 is 21.9 Å². The fourth-order valence-electron chi connectivity index (χ4n) is 2.87. The van der Waals surface area contributed by atoms with E-state index < -0.39 is 39.7 Å². The monoisotopic (exact) mass is 372 g/mol. The van der Waals surface area contributed by atoms with Gasteiger partial charge in [0.2, 0.25) is 15.9 Å². The molecule has 1 aliphatic heterocycles. The quantitative estimate of drug-likeness (QED) is 0.779. The highest BCUT2D eigenvalue weighted by Gasteiger charge is 2.31. The van der Waals surface area contributed by atoms with Crippen molar-refractivity contribution < 1.29 is 27.5 Å². The van der Waals surface area contributed by atoms with Gasteiger partial charge in [-0.1, -0.05) is 12.1 Å². The summed E-state index contributed by atoms with van der Waals surface area (Å²) < 4.78 is 37.6. The van der Waals surface area contributed by atoms with Crippen LogP contribution in [0.1, 0.15) is 30.9 Å². The Kier molecular flexibility index (Phi) is 6.12. The second-order valence-electron chi connectivity index (χ2n) is 6.17. The minimum absolute atomic E-state index is 0.0773. The van der Waals surface area contributed by atoms with Crippen LogP contribution in [0, 0.1) is 11.7 Å². The Balaban J connectivity index is 2.11. The summed E-state index contributed by atoms with van der Waals surface area (Å²) in [6.07, 6.45) is 1.84. The molecule has 138 valence electrons.